The molecule has 0 saturated carbocycles. The highest BCUT2D eigenvalue weighted by Gasteiger charge is 2.15. The third-order valence-electron chi connectivity index (χ3n) is 3.76. The fraction of sp³-hybridized carbons (Fsp3) is 0.0556. The summed E-state index contributed by atoms with van der Waals surface area (Å²) in [5.74, 6) is -0.294. The Morgan fingerprint density at radius 3 is 2.88 bits per heavy atom. The minimum atomic E-state index is -0.294. The molecule has 4 aromatic rings. The number of hydrogen-bond donors (Lipinski definition) is 1. The number of aromatic nitrogens is 4. The molecule has 3 aromatic heterocycles. The first kappa shape index (κ1) is 15.9. The zero-order chi connectivity index (χ0) is 17.9. The van der Waals surface area contributed by atoms with E-state index in [-0.39, 0.29) is 5.91 Å². The number of benzene rings is 1. The molecule has 0 unspecified atom stereocenters. The van der Waals surface area contributed by atoms with E-state index >= 15 is 0 Å². The Kier molecular flexibility index (Phi) is 4.13. The molecule has 3 heterocycles. The Balaban J connectivity index is 1.47. The van der Waals surface area contributed by atoms with Crippen molar-refractivity contribution in [2.45, 2.75) is 6.42 Å². The van der Waals surface area contributed by atoms with Crippen LogP contribution in [0.1, 0.15) is 26.4 Å². The maximum Gasteiger partial charge on any atom is 0.262 e. The van der Waals surface area contributed by atoms with E-state index in [2.05, 4.69) is 26.5 Å². The van der Waals surface area contributed by atoms with E-state index in [1.54, 1.807) is 41.3 Å². The summed E-state index contributed by atoms with van der Waals surface area (Å²) >= 11 is 1.41. The molecule has 4 rings (SSSR count). The Hall–Kier alpha value is -3.57. The maximum absolute atomic E-state index is 12.5. The SMILES string of the molecule is N#Cc1ccc(Cc2cnc(NC(=O)c3cnn4cccnc34)s2)cc1. The van der Waals surface area contributed by atoms with E-state index in [0.29, 0.717) is 28.3 Å². The summed E-state index contributed by atoms with van der Waals surface area (Å²) in [5, 5.41) is 16.3. The van der Waals surface area contributed by atoms with Gasteiger partial charge in [0.2, 0.25) is 0 Å². The lowest BCUT2D eigenvalue weighted by atomic mass is 10.1. The highest BCUT2D eigenvalue weighted by atomic mass is 32.1. The molecule has 26 heavy (non-hydrogen) atoms. The standard InChI is InChI=1S/C18H12N6OS/c19-9-13-4-2-12(3-5-13)8-14-10-21-18(26-14)23-17(25)15-11-22-24-7-1-6-20-16(15)24/h1-7,10-11H,8H2,(H,21,23,25). The van der Waals surface area contributed by atoms with Gasteiger partial charge in [0, 0.05) is 29.9 Å². The van der Waals surface area contributed by atoms with Gasteiger partial charge >= 0.3 is 0 Å². The first-order valence-electron chi connectivity index (χ1n) is 7.76. The highest BCUT2D eigenvalue weighted by molar-refractivity contribution is 7.15. The average molecular weight is 360 g/mol. The molecular formula is C18H12N6OS. The molecule has 0 atom stereocenters. The van der Waals surface area contributed by atoms with Crippen molar-refractivity contribution < 1.29 is 4.79 Å². The third-order valence-corrected chi connectivity index (χ3v) is 4.67. The minimum Gasteiger partial charge on any atom is -0.298 e. The van der Waals surface area contributed by atoms with Crippen molar-refractivity contribution in [3.05, 3.63) is 76.7 Å². The third kappa shape index (κ3) is 3.16. The Morgan fingerprint density at radius 2 is 2.08 bits per heavy atom. The van der Waals surface area contributed by atoms with Gasteiger partial charge in [0.15, 0.2) is 10.8 Å². The molecule has 0 bridgehead atoms. The van der Waals surface area contributed by atoms with Gasteiger partial charge in [-0.05, 0) is 23.8 Å². The molecule has 126 valence electrons. The number of rotatable bonds is 4. The van der Waals surface area contributed by atoms with Gasteiger partial charge in [0.25, 0.3) is 5.91 Å². The van der Waals surface area contributed by atoms with Crippen molar-refractivity contribution in [1.29, 1.82) is 5.26 Å². The van der Waals surface area contributed by atoms with Crippen LogP contribution in [0.2, 0.25) is 0 Å². The number of hydrogen-bond acceptors (Lipinski definition) is 6. The van der Waals surface area contributed by atoms with Crippen molar-refractivity contribution in [3.8, 4) is 6.07 Å². The van der Waals surface area contributed by atoms with Crippen LogP contribution in [0.4, 0.5) is 5.13 Å². The minimum absolute atomic E-state index is 0.294. The highest BCUT2D eigenvalue weighted by Crippen LogP contribution is 2.22. The molecule has 0 aliphatic rings. The van der Waals surface area contributed by atoms with Gasteiger partial charge < -0.3 is 0 Å². The van der Waals surface area contributed by atoms with Crippen LogP contribution in [0.3, 0.4) is 0 Å². The summed E-state index contributed by atoms with van der Waals surface area (Å²) in [5.41, 5.74) is 2.61. The number of nitriles is 1. The van der Waals surface area contributed by atoms with Crippen LogP contribution in [0.15, 0.2) is 55.1 Å². The van der Waals surface area contributed by atoms with E-state index < -0.39 is 0 Å². The Bertz CT molecular complexity index is 1120. The van der Waals surface area contributed by atoms with Crippen molar-refractivity contribution in [2.24, 2.45) is 0 Å². The first-order chi connectivity index (χ1) is 12.7. The number of carbonyl (C=O) groups excluding carboxylic acids is 1. The Labute approximate surface area is 152 Å². The smallest absolute Gasteiger partial charge is 0.262 e. The van der Waals surface area contributed by atoms with Crippen LogP contribution < -0.4 is 5.32 Å². The predicted octanol–water partition coefficient (Wildman–Crippen LogP) is 2.90. The van der Waals surface area contributed by atoms with E-state index in [0.717, 1.165) is 10.4 Å². The van der Waals surface area contributed by atoms with Crippen LogP contribution in [0.5, 0.6) is 0 Å². The molecular weight excluding hydrogens is 348 g/mol. The topological polar surface area (TPSA) is 96.0 Å². The van der Waals surface area contributed by atoms with Gasteiger partial charge in [-0.3, -0.25) is 10.1 Å². The second kappa shape index (κ2) is 6.74. The van der Waals surface area contributed by atoms with Crippen LogP contribution in [-0.2, 0) is 6.42 Å². The molecule has 0 fully saturated rings. The van der Waals surface area contributed by atoms with Gasteiger partial charge in [-0.1, -0.05) is 12.1 Å². The van der Waals surface area contributed by atoms with Crippen molar-refractivity contribution >= 4 is 28.0 Å². The van der Waals surface area contributed by atoms with E-state index in [9.17, 15) is 4.79 Å². The first-order valence-corrected chi connectivity index (χ1v) is 8.58. The zero-order valence-corrected chi connectivity index (χ0v) is 14.3. The number of nitrogens with zero attached hydrogens (tertiary/aromatic N) is 5. The van der Waals surface area contributed by atoms with Crippen LogP contribution in [0, 0.1) is 11.3 Å². The number of fused-ring (bicyclic) bond motifs is 1. The lowest BCUT2D eigenvalue weighted by molar-refractivity contribution is 0.102. The summed E-state index contributed by atoms with van der Waals surface area (Å²) in [4.78, 5) is 21.9. The largest absolute Gasteiger partial charge is 0.298 e. The van der Waals surface area contributed by atoms with Crippen LogP contribution >= 0.6 is 11.3 Å². The van der Waals surface area contributed by atoms with Gasteiger partial charge in [-0.15, -0.1) is 11.3 Å². The molecule has 8 heteroatoms. The molecule has 1 N–H and O–H groups in total. The van der Waals surface area contributed by atoms with Gasteiger partial charge in [0.1, 0.15) is 5.56 Å². The fourth-order valence-electron chi connectivity index (χ4n) is 2.50. The zero-order valence-electron chi connectivity index (χ0n) is 13.5. The molecule has 7 nitrogen and oxygen atoms in total. The summed E-state index contributed by atoms with van der Waals surface area (Å²) in [6, 6.07) is 11.3. The lowest BCUT2D eigenvalue weighted by Gasteiger charge is -1.99. The quantitative estimate of drug-likeness (QED) is 0.604. The van der Waals surface area contributed by atoms with E-state index in [4.69, 9.17) is 5.26 Å². The van der Waals surface area contributed by atoms with Crippen LogP contribution in [0.25, 0.3) is 5.65 Å². The monoisotopic (exact) mass is 360 g/mol. The summed E-state index contributed by atoms with van der Waals surface area (Å²) in [7, 11) is 0. The molecule has 1 amide bonds. The van der Waals surface area contributed by atoms with Crippen molar-refractivity contribution in [1.82, 2.24) is 19.6 Å². The molecule has 1 aromatic carbocycles. The molecule has 0 radical (unpaired) electrons. The fourth-order valence-corrected chi connectivity index (χ4v) is 3.34. The van der Waals surface area contributed by atoms with E-state index in [1.807, 2.05) is 12.1 Å². The summed E-state index contributed by atoms with van der Waals surface area (Å²) < 4.78 is 1.55. The number of thiazole rings is 1. The average Bonchev–Trinajstić information content (AvgIpc) is 3.29. The lowest BCUT2D eigenvalue weighted by Crippen LogP contribution is -2.11. The number of nitrogens with one attached hydrogen (secondary N) is 1. The van der Waals surface area contributed by atoms with Gasteiger partial charge in [-0.25, -0.2) is 14.5 Å². The number of amides is 1. The maximum atomic E-state index is 12.5. The molecule has 0 saturated heterocycles. The van der Waals surface area contributed by atoms with Gasteiger partial charge in [0.05, 0.1) is 17.8 Å². The normalized spacial score (nSPS) is 10.6. The number of anilines is 1. The summed E-state index contributed by atoms with van der Waals surface area (Å²) in [6.45, 7) is 0. The number of carbonyl (C=O) groups is 1. The van der Waals surface area contributed by atoms with Crippen molar-refractivity contribution in [3.63, 3.8) is 0 Å². The second-order valence-electron chi connectivity index (χ2n) is 5.52. The molecule has 0 spiro atoms. The van der Waals surface area contributed by atoms with Crippen molar-refractivity contribution in [2.75, 3.05) is 5.32 Å². The van der Waals surface area contributed by atoms with E-state index in [1.165, 1.54) is 17.5 Å². The second-order valence-corrected chi connectivity index (χ2v) is 6.63. The molecule has 0 aliphatic heterocycles. The van der Waals surface area contributed by atoms with Crippen LogP contribution in [-0.4, -0.2) is 25.5 Å². The van der Waals surface area contributed by atoms with Gasteiger partial charge in [-0.2, -0.15) is 10.4 Å². The predicted molar refractivity (Wildman–Crippen MR) is 97.0 cm³/mol. The molecule has 0 aliphatic carbocycles. The summed E-state index contributed by atoms with van der Waals surface area (Å²) in [6.07, 6.45) is 7.28. The Morgan fingerprint density at radius 1 is 1.23 bits per heavy atom.